The summed E-state index contributed by atoms with van der Waals surface area (Å²) in [6.45, 7) is 0. The van der Waals surface area contributed by atoms with Crippen molar-refractivity contribution in [3.8, 4) is 0 Å². The van der Waals surface area contributed by atoms with Crippen LogP contribution >= 0.6 is 0 Å². The fourth-order valence-electron chi connectivity index (χ4n) is 1.74. The van der Waals surface area contributed by atoms with Gasteiger partial charge in [0.15, 0.2) is 0 Å². The average Bonchev–Trinajstić information content (AvgIpc) is 2.38. The van der Waals surface area contributed by atoms with Crippen molar-refractivity contribution in [1.82, 2.24) is 0 Å². The summed E-state index contributed by atoms with van der Waals surface area (Å²) < 4.78 is 56.8. The quantitative estimate of drug-likeness (QED) is 0.498. The van der Waals surface area contributed by atoms with Gasteiger partial charge in [0.25, 0.3) is 0 Å². The molecule has 0 N–H and O–H groups in total. The Hall–Kier alpha value is -0.0636. The van der Waals surface area contributed by atoms with Gasteiger partial charge in [-0.15, -0.1) is 0 Å². The van der Waals surface area contributed by atoms with Crippen molar-refractivity contribution in [1.29, 1.82) is 0 Å². The van der Waals surface area contributed by atoms with Crippen LogP contribution in [0.5, 0.6) is 0 Å². The molecule has 0 unspecified atom stereocenters. The molecule has 0 heterocycles. The van der Waals surface area contributed by atoms with Gasteiger partial charge in [-0.3, -0.25) is 0 Å². The Bertz CT molecular complexity index is 815. The fraction of sp³-hybridized carbons (Fsp3) is 0.0769. The average molecular weight is 350 g/mol. The molecular formula is C13H11KO5S2. The Morgan fingerprint density at radius 2 is 1.38 bits per heavy atom. The number of hydrogen-bond acceptors (Lipinski definition) is 5. The number of benzene rings is 2. The van der Waals surface area contributed by atoms with E-state index in [0.717, 1.165) is 0 Å². The summed E-state index contributed by atoms with van der Waals surface area (Å²) in [6.07, 6.45) is 0. The minimum Gasteiger partial charge on any atom is -0.748 e. The van der Waals surface area contributed by atoms with Gasteiger partial charge in [-0.1, -0.05) is 30.3 Å². The maximum atomic E-state index is 12.3. The maximum Gasteiger partial charge on any atom is 1.00 e. The van der Waals surface area contributed by atoms with E-state index < -0.39 is 25.7 Å². The Morgan fingerprint density at radius 3 is 1.95 bits per heavy atom. The molecule has 0 aromatic heterocycles. The second-order valence-electron chi connectivity index (χ2n) is 4.17. The molecule has 0 fully saturated rings. The summed E-state index contributed by atoms with van der Waals surface area (Å²) in [5.74, 6) is -0.731. The summed E-state index contributed by atoms with van der Waals surface area (Å²) in [6, 6.07) is 13.2. The molecule has 0 aliphatic heterocycles. The standard InChI is InChI=1S/C13H12O5S2.K/c14-19(15,16)10-11-5-4-8-13(9-11)20(17,18)12-6-2-1-3-7-12;/h1-9H,10H2,(H,14,15,16);/q;+1/p-1. The molecule has 0 aliphatic rings. The van der Waals surface area contributed by atoms with Gasteiger partial charge >= 0.3 is 51.4 Å². The van der Waals surface area contributed by atoms with Crippen LogP contribution in [0.1, 0.15) is 5.56 Å². The van der Waals surface area contributed by atoms with Crippen molar-refractivity contribution in [2.24, 2.45) is 0 Å². The van der Waals surface area contributed by atoms with Crippen LogP contribution in [-0.4, -0.2) is 21.4 Å². The molecule has 2 rings (SSSR count). The van der Waals surface area contributed by atoms with Crippen LogP contribution in [0.2, 0.25) is 0 Å². The van der Waals surface area contributed by atoms with E-state index in [0.29, 0.717) is 0 Å². The van der Waals surface area contributed by atoms with Crippen molar-refractivity contribution in [3.05, 3.63) is 60.2 Å². The summed E-state index contributed by atoms with van der Waals surface area (Å²) >= 11 is 0. The predicted molar refractivity (Wildman–Crippen MR) is 71.7 cm³/mol. The van der Waals surface area contributed by atoms with E-state index >= 15 is 0 Å². The number of hydrogen-bond donors (Lipinski definition) is 0. The van der Waals surface area contributed by atoms with Crippen LogP contribution in [-0.2, 0) is 25.7 Å². The van der Waals surface area contributed by atoms with Crippen LogP contribution in [0.4, 0.5) is 0 Å². The van der Waals surface area contributed by atoms with Gasteiger partial charge in [0.1, 0.15) is 0 Å². The Labute approximate surface area is 166 Å². The summed E-state index contributed by atoms with van der Waals surface area (Å²) in [5, 5.41) is 0. The zero-order chi connectivity index (χ0) is 14.8. The molecule has 0 bridgehead atoms. The van der Waals surface area contributed by atoms with Gasteiger partial charge in [-0.05, 0) is 29.8 Å². The largest absolute Gasteiger partial charge is 1.00 e. The molecule has 0 atom stereocenters. The van der Waals surface area contributed by atoms with Crippen LogP contribution in [0, 0.1) is 0 Å². The Kier molecular flexibility index (Phi) is 6.75. The van der Waals surface area contributed by atoms with Crippen molar-refractivity contribution >= 4 is 20.0 Å². The molecule has 0 aliphatic carbocycles. The molecule has 8 heteroatoms. The second-order valence-corrected chi connectivity index (χ2v) is 7.52. The zero-order valence-electron chi connectivity index (χ0n) is 11.3. The molecule has 0 radical (unpaired) electrons. The first kappa shape index (κ1) is 19.0. The summed E-state index contributed by atoms with van der Waals surface area (Å²) in [4.78, 5) is 0.0759. The van der Waals surface area contributed by atoms with E-state index in [9.17, 15) is 21.4 Å². The van der Waals surface area contributed by atoms with E-state index in [4.69, 9.17) is 0 Å². The fourth-order valence-corrected chi connectivity index (χ4v) is 3.68. The molecule has 2 aromatic carbocycles. The predicted octanol–water partition coefficient (Wildman–Crippen LogP) is -1.43. The molecule has 106 valence electrons. The summed E-state index contributed by atoms with van der Waals surface area (Å²) in [5.41, 5.74) is 0.150. The van der Waals surface area contributed by atoms with E-state index in [1.54, 1.807) is 18.2 Å². The first-order chi connectivity index (χ1) is 9.29. The third-order valence-electron chi connectivity index (χ3n) is 2.61. The third kappa shape index (κ3) is 5.25. The van der Waals surface area contributed by atoms with Gasteiger partial charge in [0.2, 0.25) is 9.84 Å². The molecule has 5 nitrogen and oxygen atoms in total. The molecule has 0 amide bonds. The second kappa shape index (κ2) is 7.47. The van der Waals surface area contributed by atoms with E-state index in [1.165, 1.54) is 36.4 Å². The SMILES string of the molecule is O=S(=O)([O-])Cc1cccc(S(=O)(=O)c2ccccc2)c1.[K+]. The molecule has 0 spiro atoms. The van der Waals surface area contributed by atoms with Crippen molar-refractivity contribution in [3.63, 3.8) is 0 Å². The third-order valence-corrected chi connectivity index (χ3v) is 5.06. The molecule has 0 saturated carbocycles. The molecule has 2 aromatic rings. The monoisotopic (exact) mass is 350 g/mol. The maximum absolute atomic E-state index is 12.3. The van der Waals surface area contributed by atoms with Crippen LogP contribution < -0.4 is 51.4 Å². The molecule has 0 saturated heterocycles. The Morgan fingerprint density at radius 1 is 0.810 bits per heavy atom. The molecular weight excluding hydrogens is 339 g/mol. The molecule has 21 heavy (non-hydrogen) atoms. The van der Waals surface area contributed by atoms with E-state index in [2.05, 4.69) is 0 Å². The first-order valence-corrected chi connectivity index (χ1v) is 8.68. The van der Waals surface area contributed by atoms with Crippen molar-refractivity contribution in [2.75, 3.05) is 0 Å². The number of rotatable bonds is 4. The van der Waals surface area contributed by atoms with Crippen LogP contribution in [0.3, 0.4) is 0 Å². The smallest absolute Gasteiger partial charge is 0.748 e. The van der Waals surface area contributed by atoms with Crippen molar-refractivity contribution in [2.45, 2.75) is 15.5 Å². The van der Waals surface area contributed by atoms with E-state index in [-0.39, 0.29) is 66.7 Å². The van der Waals surface area contributed by atoms with Crippen LogP contribution in [0.15, 0.2) is 64.4 Å². The van der Waals surface area contributed by atoms with Gasteiger partial charge < -0.3 is 4.55 Å². The summed E-state index contributed by atoms with van der Waals surface area (Å²) in [7, 11) is -8.16. The Balaban J connectivity index is 0.00000220. The van der Waals surface area contributed by atoms with Gasteiger partial charge in [-0.2, -0.15) is 0 Å². The van der Waals surface area contributed by atoms with Crippen molar-refractivity contribution < 1.29 is 72.8 Å². The van der Waals surface area contributed by atoms with Gasteiger partial charge in [-0.25, -0.2) is 16.8 Å². The van der Waals surface area contributed by atoms with E-state index in [1.807, 2.05) is 0 Å². The topological polar surface area (TPSA) is 91.3 Å². The van der Waals surface area contributed by atoms with Gasteiger partial charge in [0.05, 0.1) is 25.7 Å². The minimum absolute atomic E-state index is 0. The normalized spacial score (nSPS) is 11.7. The van der Waals surface area contributed by atoms with Gasteiger partial charge in [0, 0.05) is 0 Å². The van der Waals surface area contributed by atoms with Crippen LogP contribution in [0.25, 0.3) is 0 Å². The number of sulfone groups is 1. The first-order valence-electron chi connectivity index (χ1n) is 5.62. The minimum atomic E-state index is -4.45. The zero-order valence-corrected chi connectivity index (χ0v) is 16.0.